The third-order valence-electron chi connectivity index (χ3n) is 5.33. The first-order valence-electron chi connectivity index (χ1n) is 10.2. The van der Waals surface area contributed by atoms with Gasteiger partial charge in [-0.2, -0.15) is 4.80 Å². The molecule has 1 aromatic carbocycles. The average Bonchev–Trinajstić information content (AvgIpc) is 3.35. The number of halogens is 1. The Kier molecular flexibility index (Phi) is 6.15. The molecule has 0 aliphatic carbocycles. The van der Waals surface area contributed by atoms with E-state index in [0.29, 0.717) is 42.2 Å². The van der Waals surface area contributed by atoms with E-state index in [1.165, 1.54) is 16.9 Å². The SMILES string of the molecule is Cc1nnn(Cc2cc(F)ccc2C=CC(=O)N2CCC(Cc3nnc(C)o3)CC2)n1. The number of aryl methyl sites for hydroxylation is 2. The van der Waals surface area contributed by atoms with Crippen molar-refractivity contribution in [3.8, 4) is 0 Å². The Labute approximate surface area is 179 Å². The molecule has 10 heteroatoms. The maximum Gasteiger partial charge on any atom is 0.246 e. The summed E-state index contributed by atoms with van der Waals surface area (Å²) in [5.74, 6) is 1.79. The third kappa shape index (κ3) is 5.39. The van der Waals surface area contributed by atoms with E-state index in [1.807, 2.05) is 4.90 Å². The van der Waals surface area contributed by atoms with Crippen LogP contribution in [0.15, 0.2) is 28.7 Å². The topological polar surface area (TPSA) is 103 Å². The van der Waals surface area contributed by atoms with Crippen molar-refractivity contribution in [2.24, 2.45) is 5.92 Å². The van der Waals surface area contributed by atoms with Crippen molar-refractivity contribution < 1.29 is 13.6 Å². The van der Waals surface area contributed by atoms with Crippen LogP contribution in [0.5, 0.6) is 0 Å². The summed E-state index contributed by atoms with van der Waals surface area (Å²) in [5.41, 5.74) is 1.42. The van der Waals surface area contributed by atoms with Gasteiger partial charge in [0.05, 0.1) is 6.54 Å². The minimum absolute atomic E-state index is 0.0583. The number of carbonyl (C=O) groups excluding carboxylic acids is 1. The van der Waals surface area contributed by atoms with Gasteiger partial charge in [0.1, 0.15) is 5.82 Å². The minimum Gasteiger partial charge on any atom is -0.426 e. The number of piperidine rings is 1. The lowest BCUT2D eigenvalue weighted by molar-refractivity contribution is -0.127. The summed E-state index contributed by atoms with van der Waals surface area (Å²) in [6, 6.07) is 4.45. The number of hydrogen-bond acceptors (Lipinski definition) is 7. The van der Waals surface area contributed by atoms with E-state index < -0.39 is 0 Å². The number of rotatable bonds is 6. The molecular weight excluding hydrogens is 401 g/mol. The van der Waals surface area contributed by atoms with Gasteiger partial charge in [-0.3, -0.25) is 4.79 Å². The Hall–Kier alpha value is -3.43. The summed E-state index contributed by atoms with van der Waals surface area (Å²) in [6.45, 7) is 5.15. The zero-order chi connectivity index (χ0) is 21.8. The summed E-state index contributed by atoms with van der Waals surface area (Å²) in [7, 11) is 0. The van der Waals surface area contributed by atoms with Crippen LogP contribution in [0.3, 0.4) is 0 Å². The van der Waals surface area contributed by atoms with E-state index in [-0.39, 0.29) is 18.3 Å². The number of nitrogens with zero attached hydrogens (tertiary/aromatic N) is 7. The standard InChI is InChI=1S/C21H24FN7O2/c1-14-23-27-29(26-14)13-18-12-19(22)5-3-17(18)4-6-21(30)28-9-7-16(8-10-28)11-20-25-24-15(2)31-20/h3-6,12,16H,7-11,13H2,1-2H3. The monoisotopic (exact) mass is 425 g/mol. The van der Waals surface area contributed by atoms with Gasteiger partial charge in [0.2, 0.25) is 17.7 Å². The van der Waals surface area contributed by atoms with Crippen molar-refractivity contribution in [1.29, 1.82) is 0 Å². The summed E-state index contributed by atoms with van der Waals surface area (Å²) in [6.07, 6.45) is 5.78. The van der Waals surface area contributed by atoms with Crippen molar-refractivity contribution in [2.75, 3.05) is 13.1 Å². The first-order valence-corrected chi connectivity index (χ1v) is 10.2. The number of aromatic nitrogens is 6. The van der Waals surface area contributed by atoms with Crippen molar-refractivity contribution in [2.45, 2.75) is 39.7 Å². The zero-order valence-electron chi connectivity index (χ0n) is 17.5. The number of amides is 1. The first kappa shape index (κ1) is 20.8. The van der Waals surface area contributed by atoms with Crippen LogP contribution >= 0.6 is 0 Å². The molecule has 4 rings (SSSR count). The number of benzene rings is 1. The maximum atomic E-state index is 13.8. The molecule has 1 amide bonds. The Balaban J connectivity index is 1.36. The molecule has 2 aromatic heterocycles. The fourth-order valence-corrected chi connectivity index (χ4v) is 3.71. The fraction of sp³-hybridized carbons (Fsp3) is 0.429. The second kappa shape index (κ2) is 9.15. The predicted octanol–water partition coefficient (Wildman–Crippen LogP) is 2.35. The summed E-state index contributed by atoms with van der Waals surface area (Å²) in [5, 5.41) is 19.8. The van der Waals surface area contributed by atoms with Crippen LogP contribution in [0.25, 0.3) is 6.08 Å². The molecule has 0 saturated carbocycles. The third-order valence-corrected chi connectivity index (χ3v) is 5.33. The average molecular weight is 425 g/mol. The molecule has 1 aliphatic rings. The number of tetrazole rings is 1. The van der Waals surface area contributed by atoms with Gasteiger partial charge in [-0.15, -0.1) is 20.4 Å². The molecule has 3 aromatic rings. The van der Waals surface area contributed by atoms with Gasteiger partial charge in [0.25, 0.3) is 0 Å². The van der Waals surface area contributed by atoms with Crippen molar-refractivity contribution in [3.63, 3.8) is 0 Å². The van der Waals surface area contributed by atoms with Gasteiger partial charge < -0.3 is 9.32 Å². The van der Waals surface area contributed by atoms with E-state index in [1.54, 1.807) is 32.1 Å². The predicted molar refractivity (Wildman–Crippen MR) is 109 cm³/mol. The van der Waals surface area contributed by atoms with Gasteiger partial charge in [-0.05, 0) is 60.2 Å². The lowest BCUT2D eigenvalue weighted by Crippen LogP contribution is -2.38. The van der Waals surface area contributed by atoms with E-state index in [2.05, 4.69) is 25.6 Å². The molecule has 0 N–H and O–H groups in total. The summed E-state index contributed by atoms with van der Waals surface area (Å²) < 4.78 is 19.2. The highest BCUT2D eigenvalue weighted by Gasteiger charge is 2.23. The molecule has 0 unspecified atom stereocenters. The maximum absolute atomic E-state index is 13.8. The summed E-state index contributed by atoms with van der Waals surface area (Å²) in [4.78, 5) is 15.9. The Morgan fingerprint density at radius 1 is 1.23 bits per heavy atom. The van der Waals surface area contributed by atoms with Crippen molar-refractivity contribution >= 4 is 12.0 Å². The van der Waals surface area contributed by atoms with Crippen LogP contribution in [0.1, 0.15) is 41.6 Å². The highest BCUT2D eigenvalue weighted by atomic mass is 19.1. The lowest BCUT2D eigenvalue weighted by atomic mass is 9.93. The van der Waals surface area contributed by atoms with Gasteiger partial charge in [0.15, 0.2) is 5.82 Å². The van der Waals surface area contributed by atoms with Gasteiger partial charge >= 0.3 is 0 Å². The van der Waals surface area contributed by atoms with E-state index in [9.17, 15) is 9.18 Å². The largest absolute Gasteiger partial charge is 0.426 e. The smallest absolute Gasteiger partial charge is 0.246 e. The van der Waals surface area contributed by atoms with E-state index in [0.717, 1.165) is 24.8 Å². The molecule has 1 aliphatic heterocycles. The molecule has 0 radical (unpaired) electrons. The molecule has 1 fully saturated rings. The van der Waals surface area contributed by atoms with E-state index in [4.69, 9.17) is 4.42 Å². The minimum atomic E-state index is -0.353. The highest BCUT2D eigenvalue weighted by molar-refractivity contribution is 5.92. The van der Waals surface area contributed by atoms with Gasteiger partial charge in [-0.1, -0.05) is 6.07 Å². The number of hydrogen-bond donors (Lipinski definition) is 0. The molecule has 1 saturated heterocycles. The summed E-state index contributed by atoms with van der Waals surface area (Å²) >= 11 is 0. The molecule has 162 valence electrons. The van der Waals surface area contributed by atoms with Crippen LogP contribution in [0.2, 0.25) is 0 Å². The second-order valence-corrected chi connectivity index (χ2v) is 7.73. The first-order chi connectivity index (χ1) is 15.0. The van der Waals surface area contributed by atoms with E-state index >= 15 is 0 Å². The number of carbonyl (C=O) groups is 1. The fourth-order valence-electron chi connectivity index (χ4n) is 3.71. The lowest BCUT2D eigenvalue weighted by Gasteiger charge is -2.30. The van der Waals surface area contributed by atoms with Gasteiger partial charge in [-0.25, -0.2) is 4.39 Å². The number of likely N-dealkylation sites (tertiary alicyclic amines) is 1. The zero-order valence-corrected chi connectivity index (χ0v) is 17.5. The Morgan fingerprint density at radius 3 is 2.71 bits per heavy atom. The molecule has 0 bridgehead atoms. The van der Waals surface area contributed by atoms with Crippen molar-refractivity contribution in [1.82, 2.24) is 35.3 Å². The Morgan fingerprint density at radius 2 is 2.03 bits per heavy atom. The van der Waals surface area contributed by atoms with Crippen molar-refractivity contribution in [3.05, 3.63) is 58.8 Å². The molecular formula is C21H24FN7O2. The molecule has 3 heterocycles. The molecule has 9 nitrogen and oxygen atoms in total. The van der Waals surface area contributed by atoms with Crippen LogP contribution in [-0.2, 0) is 17.8 Å². The van der Waals surface area contributed by atoms with Crippen LogP contribution in [0, 0.1) is 25.6 Å². The van der Waals surface area contributed by atoms with Crippen LogP contribution < -0.4 is 0 Å². The highest BCUT2D eigenvalue weighted by Crippen LogP contribution is 2.22. The second-order valence-electron chi connectivity index (χ2n) is 7.73. The normalized spacial score (nSPS) is 15.1. The van der Waals surface area contributed by atoms with Crippen LogP contribution in [0.4, 0.5) is 4.39 Å². The van der Waals surface area contributed by atoms with Gasteiger partial charge in [0, 0.05) is 32.5 Å². The molecule has 31 heavy (non-hydrogen) atoms. The molecule has 0 spiro atoms. The van der Waals surface area contributed by atoms with Crippen LogP contribution in [-0.4, -0.2) is 54.3 Å². The Bertz CT molecular complexity index is 1080. The quantitative estimate of drug-likeness (QED) is 0.559. The molecule has 0 atom stereocenters.